The smallest absolute Gasteiger partial charge is 0.240 e. The predicted octanol–water partition coefficient (Wildman–Crippen LogP) is 5.59. The molecule has 0 aliphatic carbocycles. The number of hydrogen-bond acceptors (Lipinski definition) is 3. The number of nitrogens with zero attached hydrogens (tertiary/aromatic N) is 1. The van der Waals surface area contributed by atoms with Gasteiger partial charge in [-0.3, -0.25) is 0 Å². The third-order valence-electron chi connectivity index (χ3n) is 5.76. The van der Waals surface area contributed by atoms with Crippen molar-refractivity contribution in [2.24, 2.45) is 0 Å². The molecule has 5 heteroatoms. The first-order valence-corrected chi connectivity index (χ1v) is 12.9. The van der Waals surface area contributed by atoms with Gasteiger partial charge in [0, 0.05) is 24.8 Å². The summed E-state index contributed by atoms with van der Waals surface area (Å²) in [5.74, 6) is 0. The van der Waals surface area contributed by atoms with Gasteiger partial charge in [0.2, 0.25) is 10.0 Å². The van der Waals surface area contributed by atoms with Crippen LogP contribution in [0.2, 0.25) is 0 Å². The third-order valence-corrected chi connectivity index (χ3v) is 7.29. The fourth-order valence-corrected chi connectivity index (χ4v) is 5.24. The highest BCUT2D eigenvalue weighted by Crippen LogP contribution is 2.20. The van der Waals surface area contributed by atoms with Crippen molar-refractivity contribution in [2.75, 3.05) is 11.4 Å². The summed E-state index contributed by atoms with van der Waals surface area (Å²) in [7, 11) is -3.67. The minimum Gasteiger partial charge on any atom is -0.366 e. The van der Waals surface area contributed by atoms with Gasteiger partial charge in [-0.25, -0.2) is 13.1 Å². The SMILES string of the molecule is Cc1ccc(S(=O)(=O)N[C@@H](Cc2ccccc2)CN(Cc2ccccc2)c2ccccc2)cc1. The molecular weight excluding hydrogens is 440 g/mol. The van der Waals surface area contributed by atoms with Crippen LogP contribution in [0.25, 0.3) is 0 Å². The lowest BCUT2D eigenvalue weighted by Crippen LogP contribution is -2.45. The van der Waals surface area contributed by atoms with E-state index >= 15 is 0 Å². The van der Waals surface area contributed by atoms with E-state index in [1.54, 1.807) is 12.1 Å². The molecule has 0 fully saturated rings. The minimum absolute atomic E-state index is 0.283. The molecule has 0 bridgehead atoms. The van der Waals surface area contributed by atoms with Gasteiger partial charge in [0.15, 0.2) is 0 Å². The first-order chi connectivity index (χ1) is 16.5. The number of para-hydroxylation sites is 1. The second-order valence-electron chi connectivity index (χ2n) is 8.52. The lowest BCUT2D eigenvalue weighted by atomic mass is 10.1. The van der Waals surface area contributed by atoms with Gasteiger partial charge in [-0.2, -0.15) is 0 Å². The van der Waals surface area contributed by atoms with E-state index in [4.69, 9.17) is 0 Å². The molecule has 0 radical (unpaired) electrons. The van der Waals surface area contributed by atoms with E-state index < -0.39 is 10.0 Å². The Labute approximate surface area is 202 Å². The number of hydrogen-bond donors (Lipinski definition) is 1. The first kappa shape index (κ1) is 23.7. The Morgan fingerprint density at radius 1 is 0.706 bits per heavy atom. The van der Waals surface area contributed by atoms with Crippen LogP contribution in [0.1, 0.15) is 16.7 Å². The Kier molecular flexibility index (Phi) is 7.78. The van der Waals surface area contributed by atoms with E-state index in [1.165, 1.54) is 5.56 Å². The van der Waals surface area contributed by atoms with Crippen LogP contribution in [0.5, 0.6) is 0 Å². The average Bonchev–Trinajstić information content (AvgIpc) is 2.85. The van der Waals surface area contributed by atoms with Crippen molar-refractivity contribution < 1.29 is 8.42 Å². The van der Waals surface area contributed by atoms with Crippen LogP contribution >= 0.6 is 0 Å². The van der Waals surface area contributed by atoms with Gasteiger partial charge in [0.1, 0.15) is 0 Å². The van der Waals surface area contributed by atoms with Gasteiger partial charge in [-0.1, -0.05) is 96.6 Å². The average molecular weight is 471 g/mol. The Morgan fingerprint density at radius 2 is 1.24 bits per heavy atom. The summed E-state index contributed by atoms with van der Waals surface area (Å²) in [4.78, 5) is 2.52. The molecule has 0 heterocycles. The van der Waals surface area contributed by atoms with Gasteiger partial charge in [-0.15, -0.1) is 0 Å². The molecule has 4 aromatic rings. The van der Waals surface area contributed by atoms with Crippen LogP contribution < -0.4 is 9.62 Å². The van der Waals surface area contributed by atoms with Crippen molar-refractivity contribution in [3.63, 3.8) is 0 Å². The number of nitrogens with one attached hydrogen (secondary N) is 1. The Bertz CT molecular complexity index is 1260. The van der Waals surface area contributed by atoms with Crippen LogP contribution in [0, 0.1) is 6.92 Å². The molecule has 0 saturated heterocycles. The molecule has 0 aliphatic heterocycles. The van der Waals surface area contributed by atoms with E-state index in [2.05, 4.69) is 33.9 Å². The summed E-state index contributed by atoms with van der Waals surface area (Å²) in [6, 6.07) is 37.1. The Morgan fingerprint density at radius 3 is 1.82 bits per heavy atom. The molecule has 0 spiro atoms. The molecule has 1 N–H and O–H groups in total. The fourth-order valence-electron chi connectivity index (χ4n) is 4.02. The monoisotopic (exact) mass is 470 g/mol. The second-order valence-corrected chi connectivity index (χ2v) is 10.2. The molecule has 4 rings (SSSR count). The molecule has 0 aromatic heterocycles. The van der Waals surface area contributed by atoms with E-state index in [0.29, 0.717) is 19.5 Å². The number of benzene rings is 4. The van der Waals surface area contributed by atoms with Crippen molar-refractivity contribution >= 4 is 15.7 Å². The van der Waals surface area contributed by atoms with Crippen LogP contribution in [0.15, 0.2) is 120 Å². The number of aryl methyl sites for hydroxylation is 1. The summed E-state index contributed by atoms with van der Waals surface area (Å²) in [6.45, 7) is 3.16. The second kappa shape index (κ2) is 11.1. The quantitative estimate of drug-likeness (QED) is 0.329. The maximum atomic E-state index is 13.3. The molecule has 34 heavy (non-hydrogen) atoms. The Hall–Kier alpha value is -3.41. The van der Waals surface area contributed by atoms with Crippen LogP contribution in [-0.2, 0) is 23.0 Å². The third kappa shape index (κ3) is 6.56. The molecule has 4 aromatic carbocycles. The molecule has 174 valence electrons. The zero-order valence-electron chi connectivity index (χ0n) is 19.3. The van der Waals surface area contributed by atoms with E-state index in [-0.39, 0.29) is 10.9 Å². The topological polar surface area (TPSA) is 49.4 Å². The highest BCUT2D eigenvalue weighted by atomic mass is 32.2. The molecule has 0 amide bonds. The molecule has 1 atom stereocenters. The molecule has 4 nitrogen and oxygen atoms in total. The first-order valence-electron chi connectivity index (χ1n) is 11.5. The minimum atomic E-state index is -3.67. The van der Waals surface area contributed by atoms with Gasteiger partial charge >= 0.3 is 0 Å². The van der Waals surface area contributed by atoms with Crippen molar-refractivity contribution in [2.45, 2.75) is 30.8 Å². The molecular formula is C29H30N2O2S. The summed E-state index contributed by atoms with van der Waals surface area (Å²) >= 11 is 0. The van der Waals surface area contributed by atoms with Gasteiger partial charge in [-0.05, 0) is 48.7 Å². The maximum Gasteiger partial charge on any atom is 0.240 e. The largest absolute Gasteiger partial charge is 0.366 e. The van der Waals surface area contributed by atoms with Gasteiger partial charge in [0.25, 0.3) is 0 Å². The maximum absolute atomic E-state index is 13.3. The molecule has 0 saturated carbocycles. The lowest BCUT2D eigenvalue weighted by molar-refractivity contribution is 0.536. The summed E-state index contributed by atoms with van der Waals surface area (Å²) < 4.78 is 29.6. The van der Waals surface area contributed by atoms with Crippen LogP contribution in [0.4, 0.5) is 5.69 Å². The summed E-state index contributed by atoms with van der Waals surface area (Å²) in [5.41, 5.74) is 4.34. The van der Waals surface area contributed by atoms with E-state index in [1.807, 2.05) is 85.8 Å². The van der Waals surface area contributed by atoms with Crippen molar-refractivity contribution in [3.8, 4) is 0 Å². The summed E-state index contributed by atoms with van der Waals surface area (Å²) in [6.07, 6.45) is 0.587. The summed E-state index contributed by atoms with van der Waals surface area (Å²) in [5, 5.41) is 0. The lowest BCUT2D eigenvalue weighted by Gasteiger charge is -2.30. The van der Waals surface area contributed by atoms with Crippen molar-refractivity contribution in [3.05, 3.63) is 132 Å². The number of rotatable bonds is 10. The van der Waals surface area contributed by atoms with Crippen molar-refractivity contribution in [1.29, 1.82) is 0 Å². The number of sulfonamides is 1. The fraction of sp³-hybridized carbons (Fsp3) is 0.172. The number of anilines is 1. The van der Waals surface area contributed by atoms with E-state index in [0.717, 1.165) is 16.8 Å². The molecule has 0 unspecified atom stereocenters. The van der Waals surface area contributed by atoms with Gasteiger partial charge in [0.05, 0.1) is 4.90 Å². The van der Waals surface area contributed by atoms with Crippen molar-refractivity contribution in [1.82, 2.24) is 4.72 Å². The zero-order chi connectivity index (χ0) is 23.8. The highest BCUT2D eigenvalue weighted by molar-refractivity contribution is 7.89. The standard InChI is InChI=1S/C29H30N2O2S/c1-24-17-19-29(20-18-24)34(32,33)30-27(21-25-11-5-2-6-12-25)23-31(28-15-9-4-10-16-28)22-26-13-7-3-8-14-26/h2-20,27,30H,21-23H2,1H3/t27-/m0/s1. The van der Waals surface area contributed by atoms with Crippen LogP contribution in [-0.4, -0.2) is 21.0 Å². The zero-order valence-corrected chi connectivity index (χ0v) is 20.2. The predicted molar refractivity (Wildman–Crippen MR) is 139 cm³/mol. The Balaban J connectivity index is 1.63. The van der Waals surface area contributed by atoms with Crippen LogP contribution in [0.3, 0.4) is 0 Å². The molecule has 0 aliphatic rings. The highest BCUT2D eigenvalue weighted by Gasteiger charge is 2.23. The van der Waals surface area contributed by atoms with E-state index in [9.17, 15) is 8.42 Å². The van der Waals surface area contributed by atoms with Gasteiger partial charge < -0.3 is 4.90 Å². The normalized spacial score (nSPS) is 12.3.